The van der Waals surface area contributed by atoms with Crippen LogP contribution in [0.3, 0.4) is 0 Å². The van der Waals surface area contributed by atoms with Gasteiger partial charge in [0.25, 0.3) is 0 Å². The van der Waals surface area contributed by atoms with Gasteiger partial charge in [-0.15, -0.1) is 0 Å². The Hall–Kier alpha value is -1.15. The molecule has 78 valence electrons. The Morgan fingerprint density at radius 3 is 2.80 bits per heavy atom. The van der Waals surface area contributed by atoms with E-state index in [9.17, 15) is 0 Å². The highest BCUT2D eigenvalue weighted by Crippen LogP contribution is 2.22. The second kappa shape index (κ2) is 5.66. The number of hydrogen-bond acceptors (Lipinski definition) is 1. The third-order valence-corrected chi connectivity index (χ3v) is 2.31. The molecule has 1 aromatic rings. The predicted octanol–water partition coefficient (Wildman–Crippen LogP) is 4.71. The summed E-state index contributed by atoms with van der Waals surface area (Å²) in [5.41, 5.74) is 9.05. The molecule has 0 heterocycles. The Bertz CT molecular complexity index is 423. The highest BCUT2D eigenvalue weighted by molar-refractivity contribution is 6.35. The van der Waals surface area contributed by atoms with Crippen LogP contribution in [0.4, 0.5) is 0 Å². The maximum atomic E-state index is 8.21. The Morgan fingerprint density at radius 1 is 1.47 bits per heavy atom. The van der Waals surface area contributed by atoms with Crippen molar-refractivity contribution in [2.45, 2.75) is 13.0 Å². The van der Waals surface area contributed by atoms with Crippen molar-refractivity contribution < 1.29 is 0 Å². The molecule has 1 unspecified atom stereocenters. The van der Waals surface area contributed by atoms with E-state index in [4.69, 9.17) is 28.7 Å². The lowest BCUT2D eigenvalue weighted by Crippen LogP contribution is -1.88. The fourth-order valence-electron chi connectivity index (χ4n) is 1.000. The molecule has 0 aliphatic carbocycles. The quantitative estimate of drug-likeness (QED) is 0.419. The van der Waals surface area contributed by atoms with Crippen molar-refractivity contribution >= 4 is 29.3 Å². The summed E-state index contributed by atoms with van der Waals surface area (Å²) < 4.78 is 0. The van der Waals surface area contributed by atoms with Crippen LogP contribution in [0.15, 0.2) is 29.4 Å². The maximum Gasteiger partial charge on any atom is 0.0530 e. The monoisotopic (exact) mass is 241 g/mol. The third kappa shape index (κ3) is 3.84. The van der Waals surface area contributed by atoms with Crippen LogP contribution in [0.1, 0.15) is 12.5 Å². The number of rotatable bonds is 3. The van der Waals surface area contributed by atoms with Gasteiger partial charge in [-0.2, -0.15) is 0 Å². The minimum absolute atomic E-state index is 0.193. The van der Waals surface area contributed by atoms with Crippen molar-refractivity contribution in [3.63, 3.8) is 0 Å². The summed E-state index contributed by atoms with van der Waals surface area (Å²) in [5.74, 6) is 0. The Morgan fingerprint density at radius 2 is 2.20 bits per heavy atom. The summed E-state index contributed by atoms with van der Waals surface area (Å²) in [5, 5.41) is 4.68. The predicted molar refractivity (Wildman–Crippen MR) is 64.1 cm³/mol. The first kappa shape index (κ1) is 11.9. The average molecular weight is 242 g/mol. The maximum absolute atomic E-state index is 8.21. The van der Waals surface area contributed by atoms with Crippen molar-refractivity contribution in [1.82, 2.24) is 0 Å². The number of hydrogen-bond donors (Lipinski definition) is 0. The van der Waals surface area contributed by atoms with Gasteiger partial charge in [0.2, 0.25) is 0 Å². The molecule has 0 amide bonds. The average Bonchev–Trinajstić information content (AvgIpc) is 2.17. The highest BCUT2D eigenvalue weighted by atomic mass is 35.5. The normalized spacial score (nSPS) is 12.5. The summed E-state index contributed by atoms with van der Waals surface area (Å²) in [6.07, 6.45) is 3.58. The SMILES string of the molecule is CC(/C=C/c1ccc(Cl)cc1Cl)N=[N+]=[N-]. The minimum Gasteiger partial charge on any atom is -0.0868 e. The van der Waals surface area contributed by atoms with Crippen LogP contribution in [-0.4, -0.2) is 6.04 Å². The van der Waals surface area contributed by atoms with E-state index in [2.05, 4.69) is 10.0 Å². The van der Waals surface area contributed by atoms with Crippen molar-refractivity contribution in [2.75, 3.05) is 0 Å². The van der Waals surface area contributed by atoms with Gasteiger partial charge in [-0.05, 0) is 23.2 Å². The molecule has 1 rings (SSSR count). The second-order valence-corrected chi connectivity index (χ2v) is 3.81. The van der Waals surface area contributed by atoms with Crippen molar-refractivity contribution in [2.24, 2.45) is 5.11 Å². The fourth-order valence-corrected chi connectivity index (χ4v) is 1.47. The van der Waals surface area contributed by atoms with Crippen LogP contribution in [0.5, 0.6) is 0 Å². The van der Waals surface area contributed by atoms with E-state index in [1.165, 1.54) is 0 Å². The molecular formula is C10H9Cl2N3. The van der Waals surface area contributed by atoms with Crippen molar-refractivity contribution in [3.8, 4) is 0 Å². The van der Waals surface area contributed by atoms with Gasteiger partial charge in [0.15, 0.2) is 0 Å². The van der Waals surface area contributed by atoms with Crippen LogP contribution < -0.4 is 0 Å². The zero-order valence-corrected chi connectivity index (χ0v) is 9.57. The Labute approximate surface area is 97.9 Å². The van der Waals surface area contributed by atoms with E-state index in [1.54, 1.807) is 31.2 Å². The standard InChI is InChI=1S/C10H9Cl2N3/c1-7(14-15-13)2-3-8-4-5-9(11)6-10(8)12/h2-7H,1H3/b3-2+. The fraction of sp³-hybridized carbons (Fsp3) is 0.200. The zero-order valence-electron chi connectivity index (χ0n) is 8.06. The van der Waals surface area contributed by atoms with Gasteiger partial charge in [0.1, 0.15) is 0 Å². The summed E-state index contributed by atoms with van der Waals surface area (Å²) in [7, 11) is 0. The van der Waals surface area contributed by atoms with Crippen LogP contribution in [-0.2, 0) is 0 Å². The summed E-state index contributed by atoms with van der Waals surface area (Å²) in [4.78, 5) is 2.70. The molecule has 0 aliphatic heterocycles. The first-order valence-corrected chi connectivity index (χ1v) is 5.06. The molecule has 15 heavy (non-hydrogen) atoms. The Balaban J connectivity index is 2.85. The molecule has 0 saturated heterocycles. The molecule has 5 heteroatoms. The van der Waals surface area contributed by atoms with Crippen molar-refractivity contribution in [1.29, 1.82) is 0 Å². The van der Waals surface area contributed by atoms with E-state index in [0.29, 0.717) is 10.0 Å². The molecular weight excluding hydrogens is 233 g/mol. The second-order valence-electron chi connectivity index (χ2n) is 2.97. The lowest BCUT2D eigenvalue weighted by molar-refractivity contribution is 0.915. The molecule has 0 aromatic heterocycles. The zero-order chi connectivity index (χ0) is 11.3. The van der Waals surface area contributed by atoms with Crippen LogP contribution in [0.25, 0.3) is 16.5 Å². The van der Waals surface area contributed by atoms with E-state index in [1.807, 2.05) is 6.07 Å². The lowest BCUT2D eigenvalue weighted by Gasteiger charge is -1.99. The minimum atomic E-state index is -0.193. The third-order valence-electron chi connectivity index (χ3n) is 1.75. The number of nitrogens with zero attached hydrogens (tertiary/aromatic N) is 3. The van der Waals surface area contributed by atoms with E-state index in [0.717, 1.165) is 5.56 Å². The highest BCUT2D eigenvalue weighted by Gasteiger charge is 1.98. The molecule has 0 saturated carbocycles. The van der Waals surface area contributed by atoms with Crippen LogP contribution in [0.2, 0.25) is 10.0 Å². The molecule has 0 radical (unpaired) electrons. The van der Waals surface area contributed by atoms with E-state index < -0.39 is 0 Å². The molecule has 0 fully saturated rings. The van der Waals surface area contributed by atoms with Gasteiger partial charge < -0.3 is 0 Å². The Kier molecular flexibility index (Phi) is 4.50. The molecule has 0 bridgehead atoms. The summed E-state index contributed by atoms with van der Waals surface area (Å²) >= 11 is 11.7. The van der Waals surface area contributed by atoms with Crippen molar-refractivity contribution in [3.05, 3.63) is 50.3 Å². The van der Waals surface area contributed by atoms with Gasteiger partial charge in [-0.25, -0.2) is 0 Å². The molecule has 1 aromatic carbocycles. The van der Waals surface area contributed by atoms with Gasteiger partial charge in [0.05, 0.1) is 6.04 Å². The van der Waals surface area contributed by atoms with Crippen LogP contribution in [0, 0.1) is 0 Å². The number of benzene rings is 1. The summed E-state index contributed by atoms with van der Waals surface area (Å²) in [6.45, 7) is 1.79. The van der Waals surface area contributed by atoms with Gasteiger partial charge in [-0.1, -0.05) is 53.5 Å². The lowest BCUT2D eigenvalue weighted by atomic mass is 10.2. The molecule has 0 spiro atoms. The van der Waals surface area contributed by atoms with Crippen LogP contribution >= 0.6 is 23.2 Å². The largest absolute Gasteiger partial charge is 0.0868 e. The first-order valence-electron chi connectivity index (χ1n) is 4.31. The molecule has 3 nitrogen and oxygen atoms in total. The molecule has 0 N–H and O–H groups in total. The number of halogens is 2. The van der Waals surface area contributed by atoms with Gasteiger partial charge in [0, 0.05) is 15.0 Å². The molecule has 1 atom stereocenters. The first-order chi connectivity index (χ1) is 7.13. The summed E-state index contributed by atoms with van der Waals surface area (Å²) in [6, 6.07) is 5.04. The molecule has 0 aliphatic rings. The van der Waals surface area contributed by atoms with E-state index in [-0.39, 0.29) is 6.04 Å². The van der Waals surface area contributed by atoms with Gasteiger partial charge in [-0.3, -0.25) is 0 Å². The number of azide groups is 1. The van der Waals surface area contributed by atoms with Gasteiger partial charge >= 0.3 is 0 Å². The van der Waals surface area contributed by atoms with E-state index >= 15 is 0 Å². The topological polar surface area (TPSA) is 48.8 Å². The smallest absolute Gasteiger partial charge is 0.0530 e.